The molecule has 0 spiro atoms. The first kappa shape index (κ1) is 24.2. The van der Waals surface area contributed by atoms with Crippen molar-refractivity contribution in [3.05, 3.63) is 52.0 Å². The molecule has 1 N–H and O–H groups in total. The van der Waals surface area contributed by atoms with Crippen LogP contribution in [0.15, 0.2) is 35.7 Å². The highest BCUT2D eigenvalue weighted by Crippen LogP contribution is 2.33. The van der Waals surface area contributed by atoms with E-state index in [1.54, 1.807) is 18.3 Å². The lowest BCUT2D eigenvalue weighted by Gasteiger charge is -2.26. The topological polar surface area (TPSA) is 72.2 Å². The van der Waals surface area contributed by atoms with E-state index in [1.807, 2.05) is 32.0 Å². The van der Waals surface area contributed by atoms with Gasteiger partial charge < -0.3 is 9.67 Å². The SMILES string of the molecule is CCC(CC)n1c(Cc2cccs2)nc2cc(C(=O)CC(C)(CC(C)C)C(=O)O)ccc21. The first-order valence-corrected chi connectivity index (χ1v) is 12.4. The Hall–Kier alpha value is -2.47. The van der Waals surface area contributed by atoms with E-state index in [1.165, 1.54) is 4.88 Å². The normalized spacial score (nSPS) is 13.7. The largest absolute Gasteiger partial charge is 0.481 e. The molecule has 0 radical (unpaired) electrons. The summed E-state index contributed by atoms with van der Waals surface area (Å²) < 4.78 is 2.32. The number of aromatic nitrogens is 2. The molecule has 2 aromatic heterocycles. The second kappa shape index (κ2) is 9.99. The van der Waals surface area contributed by atoms with E-state index < -0.39 is 11.4 Å². The summed E-state index contributed by atoms with van der Waals surface area (Å²) in [4.78, 5) is 31.2. The molecule has 0 aliphatic carbocycles. The summed E-state index contributed by atoms with van der Waals surface area (Å²) in [5, 5.41) is 11.8. The fraction of sp³-hybridized carbons (Fsp3) is 0.500. The van der Waals surface area contributed by atoms with Gasteiger partial charge in [0.1, 0.15) is 5.82 Å². The summed E-state index contributed by atoms with van der Waals surface area (Å²) in [7, 11) is 0. The van der Waals surface area contributed by atoms with Gasteiger partial charge in [-0.2, -0.15) is 0 Å². The molecule has 172 valence electrons. The monoisotopic (exact) mass is 454 g/mol. The van der Waals surface area contributed by atoms with Gasteiger partial charge in [0.05, 0.1) is 16.4 Å². The minimum absolute atomic E-state index is 0.0126. The van der Waals surface area contributed by atoms with Gasteiger partial charge in [-0.1, -0.05) is 33.8 Å². The summed E-state index contributed by atoms with van der Waals surface area (Å²) in [6.45, 7) is 10.0. The van der Waals surface area contributed by atoms with E-state index in [0.717, 1.165) is 36.1 Å². The Morgan fingerprint density at radius 2 is 1.91 bits per heavy atom. The van der Waals surface area contributed by atoms with Crippen molar-refractivity contribution < 1.29 is 14.7 Å². The number of hydrogen-bond acceptors (Lipinski definition) is 4. The Kier molecular flexibility index (Phi) is 7.55. The lowest BCUT2D eigenvalue weighted by molar-refractivity contribution is -0.148. The molecule has 0 saturated carbocycles. The number of ketones is 1. The first-order chi connectivity index (χ1) is 15.2. The molecule has 0 fully saturated rings. The standard InChI is InChI=1S/C26H34N2O3S/c1-6-19(7-2)28-22-11-10-18(23(29)16-26(5,25(30)31)15-17(3)4)13-21(22)27-24(28)14-20-9-8-12-32-20/h8-13,17,19H,6-7,14-16H2,1-5H3,(H,30,31). The highest BCUT2D eigenvalue weighted by molar-refractivity contribution is 7.09. The summed E-state index contributed by atoms with van der Waals surface area (Å²) in [5.41, 5.74) is 1.30. The number of carbonyl (C=O) groups excluding carboxylic acids is 1. The second-order valence-electron chi connectivity index (χ2n) is 9.39. The van der Waals surface area contributed by atoms with Gasteiger partial charge in [0.15, 0.2) is 5.78 Å². The van der Waals surface area contributed by atoms with Crippen LogP contribution in [0, 0.1) is 11.3 Å². The minimum Gasteiger partial charge on any atom is -0.481 e. The van der Waals surface area contributed by atoms with Crippen LogP contribution in [0.3, 0.4) is 0 Å². The summed E-state index contributed by atoms with van der Waals surface area (Å²) in [6, 6.07) is 10.2. The maximum atomic E-state index is 13.1. The lowest BCUT2D eigenvalue weighted by atomic mass is 9.77. The Morgan fingerprint density at radius 3 is 2.47 bits per heavy atom. The molecule has 0 amide bonds. The molecule has 3 rings (SSSR count). The fourth-order valence-corrected chi connectivity index (χ4v) is 5.37. The highest BCUT2D eigenvalue weighted by Gasteiger charge is 2.36. The molecule has 0 bridgehead atoms. The predicted octanol–water partition coefficient (Wildman–Crippen LogP) is 6.76. The van der Waals surface area contributed by atoms with Crippen molar-refractivity contribution in [2.45, 2.75) is 72.8 Å². The van der Waals surface area contributed by atoms with E-state index >= 15 is 0 Å². The number of benzene rings is 1. The number of carboxylic acids is 1. The molecule has 0 saturated heterocycles. The average Bonchev–Trinajstić information content (AvgIpc) is 3.36. The molecule has 32 heavy (non-hydrogen) atoms. The quantitative estimate of drug-likeness (QED) is 0.325. The number of Topliss-reactive ketones (excluding diaryl/α,β-unsaturated/α-hetero) is 1. The van der Waals surface area contributed by atoms with Crippen LogP contribution in [-0.4, -0.2) is 26.4 Å². The van der Waals surface area contributed by atoms with Crippen molar-refractivity contribution in [2.75, 3.05) is 0 Å². The number of imidazole rings is 1. The summed E-state index contributed by atoms with van der Waals surface area (Å²) >= 11 is 1.72. The molecule has 1 unspecified atom stereocenters. The zero-order valence-corrected chi connectivity index (χ0v) is 20.5. The van der Waals surface area contributed by atoms with E-state index in [0.29, 0.717) is 18.0 Å². The molecular formula is C26H34N2O3S. The van der Waals surface area contributed by atoms with Crippen molar-refractivity contribution >= 4 is 34.1 Å². The van der Waals surface area contributed by atoms with Crippen LogP contribution in [0.2, 0.25) is 0 Å². The Morgan fingerprint density at radius 1 is 1.19 bits per heavy atom. The first-order valence-electron chi connectivity index (χ1n) is 11.5. The lowest BCUT2D eigenvalue weighted by Crippen LogP contribution is -2.32. The molecule has 0 aliphatic rings. The zero-order valence-electron chi connectivity index (χ0n) is 19.7. The van der Waals surface area contributed by atoms with Crippen LogP contribution >= 0.6 is 11.3 Å². The molecule has 3 aromatic rings. The number of carboxylic acid groups (broad SMARTS) is 1. The van der Waals surface area contributed by atoms with Crippen LogP contribution < -0.4 is 0 Å². The molecule has 6 heteroatoms. The van der Waals surface area contributed by atoms with Gasteiger partial charge in [0, 0.05) is 29.3 Å². The smallest absolute Gasteiger partial charge is 0.309 e. The second-order valence-corrected chi connectivity index (χ2v) is 10.4. The van der Waals surface area contributed by atoms with E-state index in [2.05, 4.69) is 35.9 Å². The Labute approximate surface area is 194 Å². The van der Waals surface area contributed by atoms with Gasteiger partial charge >= 0.3 is 5.97 Å². The minimum atomic E-state index is -1.07. The van der Waals surface area contributed by atoms with Crippen molar-refractivity contribution in [3.63, 3.8) is 0 Å². The van der Waals surface area contributed by atoms with Crippen LogP contribution in [0.1, 0.15) is 87.4 Å². The van der Waals surface area contributed by atoms with Crippen molar-refractivity contribution in [3.8, 4) is 0 Å². The highest BCUT2D eigenvalue weighted by atomic mass is 32.1. The van der Waals surface area contributed by atoms with Crippen LogP contribution in [0.25, 0.3) is 11.0 Å². The number of nitrogens with zero attached hydrogens (tertiary/aromatic N) is 2. The third kappa shape index (κ3) is 5.12. The van der Waals surface area contributed by atoms with Crippen LogP contribution in [0.5, 0.6) is 0 Å². The number of carbonyl (C=O) groups is 2. The number of aliphatic carboxylic acids is 1. The maximum absolute atomic E-state index is 13.1. The average molecular weight is 455 g/mol. The fourth-order valence-electron chi connectivity index (χ4n) is 4.67. The summed E-state index contributed by atoms with van der Waals surface area (Å²) in [5.74, 6) is 0.143. The van der Waals surface area contributed by atoms with Crippen molar-refractivity contribution in [2.24, 2.45) is 11.3 Å². The Bertz CT molecular complexity index is 1080. The maximum Gasteiger partial charge on any atom is 0.309 e. The van der Waals surface area contributed by atoms with E-state index in [9.17, 15) is 14.7 Å². The molecule has 1 atom stereocenters. The van der Waals surface area contributed by atoms with Crippen molar-refractivity contribution in [1.29, 1.82) is 0 Å². The van der Waals surface area contributed by atoms with Gasteiger partial charge in [-0.25, -0.2) is 4.98 Å². The number of fused-ring (bicyclic) bond motifs is 1. The third-order valence-electron chi connectivity index (χ3n) is 6.23. The molecule has 2 heterocycles. The molecular weight excluding hydrogens is 420 g/mol. The van der Waals surface area contributed by atoms with Gasteiger partial charge in [0.25, 0.3) is 0 Å². The molecule has 5 nitrogen and oxygen atoms in total. The van der Waals surface area contributed by atoms with Gasteiger partial charge in [-0.05, 0) is 61.7 Å². The van der Waals surface area contributed by atoms with E-state index in [4.69, 9.17) is 4.98 Å². The molecule has 0 aliphatic heterocycles. The number of hydrogen-bond donors (Lipinski definition) is 1. The van der Waals surface area contributed by atoms with Gasteiger partial charge in [-0.15, -0.1) is 11.3 Å². The molecule has 1 aromatic carbocycles. The van der Waals surface area contributed by atoms with Crippen LogP contribution in [0.4, 0.5) is 0 Å². The Balaban J connectivity index is 1.99. The zero-order chi connectivity index (χ0) is 23.5. The number of thiophene rings is 1. The summed E-state index contributed by atoms with van der Waals surface area (Å²) in [6.07, 6.45) is 3.22. The van der Waals surface area contributed by atoms with Gasteiger partial charge in [0.2, 0.25) is 0 Å². The van der Waals surface area contributed by atoms with E-state index in [-0.39, 0.29) is 18.1 Å². The van der Waals surface area contributed by atoms with Crippen molar-refractivity contribution in [1.82, 2.24) is 9.55 Å². The number of rotatable bonds is 11. The predicted molar refractivity (Wildman–Crippen MR) is 131 cm³/mol. The van der Waals surface area contributed by atoms with Gasteiger partial charge in [-0.3, -0.25) is 9.59 Å². The third-order valence-corrected chi connectivity index (χ3v) is 7.11. The van der Waals surface area contributed by atoms with Crippen LogP contribution in [-0.2, 0) is 11.2 Å².